The highest BCUT2D eigenvalue weighted by atomic mass is 32.2. The van der Waals surface area contributed by atoms with E-state index >= 15 is 0 Å². The van der Waals surface area contributed by atoms with Crippen LogP contribution in [-0.2, 0) is 5.75 Å². The highest BCUT2D eigenvalue weighted by molar-refractivity contribution is 7.98. The van der Waals surface area contributed by atoms with E-state index in [1.807, 2.05) is 57.2 Å². The predicted molar refractivity (Wildman–Crippen MR) is 123 cm³/mol. The number of hydrogen-bond acceptors (Lipinski definition) is 10. The Hall–Kier alpha value is -3.51. The van der Waals surface area contributed by atoms with Gasteiger partial charge in [-0.25, -0.2) is 10.1 Å². The lowest BCUT2D eigenvalue weighted by atomic mass is 10.2. The van der Waals surface area contributed by atoms with Crippen molar-refractivity contribution in [3.05, 3.63) is 63.1 Å². The van der Waals surface area contributed by atoms with Gasteiger partial charge in [0.1, 0.15) is 0 Å². The number of hydrazone groups is 1. The van der Waals surface area contributed by atoms with Crippen LogP contribution in [0.15, 0.2) is 51.0 Å². The van der Waals surface area contributed by atoms with Crippen molar-refractivity contribution in [2.45, 2.75) is 31.4 Å². The van der Waals surface area contributed by atoms with Gasteiger partial charge in [0, 0.05) is 26.0 Å². The van der Waals surface area contributed by atoms with Crippen LogP contribution in [0.3, 0.4) is 0 Å². The zero-order chi connectivity index (χ0) is 22.7. The van der Waals surface area contributed by atoms with E-state index in [2.05, 4.69) is 35.8 Å². The number of carbonyl (C=O) groups is 1. The van der Waals surface area contributed by atoms with E-state index in [-0.39, 0.29) is 17.3 Å². The molecule has 10 nitrogen and oxygen atoms in total. The molecule has 0 radical (unpaired) electrons. The maximum absolute atomic E-state index is 12.9. The first kappa shape index (κ1) is 21.7. The number of benzene rings is 1. The van der Waals surface area contributed by atoms with E-state index in [0.717, 1.165) is 15.3 Å². The molecule has 0 saturated heterocycles. The number of nitrogen functional groups attached to an aromatic ring is 1. The molecule has 0 spiro atoms. The van der Waals surface area contributed by atoms with Crippen molar-refractivity contribution in [3.8, 4) is 5.82 Å². The number of thiophene rings is 1. The summed E-state index contributed by atoms with van der Waals surface area (Å²) in [7, 11) is 0. The summed E-state index contributed by atoms with van der Waals surface area (Å²) in [6, 6.07) is 11.8. The van der Waals surface area contributed by atoms with E-state index in [1.165, 1.54) is 21.3 Å². The Morgan fingerprint density at radius 3 is 2.72 bits per heavy atom. The van der Waals surface area contributed by atoms with Gasteiger partial charge in [-0.2, -0.15) is 9.78 Å². The Labute approximate surface area is 191 Å². The molecule has 12 heteroatoms. The summed E-state index contributed by atoms with van der Waals surface area (Å²) >= 11 is 3.20. The summed E-state index contributed by atoms with van der Waals surface area (Å²) in [5, 5.41) is 19.7. The van der Waals surface area contributed by atoms with E-state index in [4.69, 9.17) is 5.73 Å². The van der Waals surface area contributed by atoms with Crippen LogP contribution < -0.4 is 11.2 Å². The Bertz CT molecular complexity index is 1280. The zero-order valence-electron chi connectivity index (χ0n) is 17.6. The van der Waals surface area contributed by atoms with Crippen LogP contribution in [0.4, 0.5) is 5.82 Å². The number of nitrogens with two attached hydrogens (primary N) is 1. The second kappa shape index (κ2) is 9.32. The summed E-state index contributed by atoms with van der Waals surface area (Å²) in [5.41, 5.74) is 10.7. The quantitative estimate of drug-likeness (QED) is 0.239. The lowest BCUT2D eigenvalue weighted by Gasteiger charge is -2.06. The Morgan fingerprint density at radius 2 is 2.06 bits per heavy atom. The fraction of sp³-hybridized carbons (Fsp3) is 0.200. The highest BCUT2D eigenvalue weighted by Gasteiger charge is 2.24. The lowest BCUT2D eigenvalue weighted by molar-refractivity contribution is 0.0949. The summed E-state index contributed by atoms with van der Waals surface area (Å²) in [5.74, 6) is 0.116. The number of nitrogens with zero attached hydrogens (tertiary/aromatic N) is 6. The molecule has 0 aliphatic rings. The van der Waals surface area contributed by atoms with Crippen LogP contribution in [0, 0.1) is 13.8 Å². The average molecular weight is 469 g/mol. The number of thioether (sulfide) groups is 1. The molecule has 0 bridgehead atoms. The van der Waals surface area contributed by atoms with Gasteiger partial charge in [-0.3, -0.25) is 4.79 Å². The van der Waals surface area contributed by atoms with E-state index in [0.29, 0.717) is 17.2 Å². The molecule has 0 aliphatic heterocycles. The van der Waals surface area contributed by atoms with Crippen LogP contribution in [0.2, 0.25) is 0 Å². The Morgan fingerprint density at radius 1 is 1.28 bits per heavy atom. The SMILES string of the molecule is C/C(=N\NC(=O)c1nnn(-c2nonc2N)c1CSc1ccccc1)c1cc(C)sc1C. The van der Waals surface area contributed by atoms with Gasteiger partial charge in [0.2, 0.25) is 11.6 Å². The largest absolute Gasteiger partial charge is 0.378 e. The van der Waals surface area contributed by atoms with Crippen LogP contribution in [-0.4, -0.2) is 36.9 Å². The number of carbonyl (C=O) groups excluding carboxylic acids is 1. The lowest BCUT2D eigenvalue weighted by Crippen LogP contribution is -2.21. The molecule has 0 atom stereocenters. The second-order valence-electron chi connectivity index (χ2n) is 6.84. The molecule has 4 aromatic rings. The molecule has 1 amide bonds. The minimum absolute atomic E-state index is 0.0463. The number of anilines is 1. The molecule has 4 rings (SSSR count). The summed E-state index contributed by atoms with van der Waals surface area (Å²) in [4.78, 5) is 16.3. The number of hydrogen-bond donors (Lipinski definition) is 2. The van der Waals surface area contributed by atoms with Crippen LogP contribution >= 0.6 is 23.1 Å². The monoisotopic (exact) mass is 468 g/mol. The first-order chi connectivity index (χ1) is 15.4. The van der Waals surface area contributed by atoms with Crippen LogP contribution in [0.25, 0.3) is 5.82 Å². The van der Waals surface area contributed by atoms with Crippen molar-refractivity contribution in [1.29, 1.82) is 0 Å². The van der Waals surface area contributed by atoms with E-state index in [1.54, 1.807) is 11.3 Å². The van der Waals surface area contributed by atoms with Gasteiger partial charge in [-0.05, 0) is 49.3 Å². The van der Waals surface area contributed by atoms with Gasteiger partial charge >= 0.3 is 0 Å². The second-order valence-corrected chi connectivity index (χ2v) is 9.35. The fourth-order valence-corrected chi connectivity index (χ4v) is 4.91. The molecule has 32 heavy (non-hydrogen) atoms. The minimum atomic E-state index is -0.487. The van der Waals surface area contributed by atoms with Crippen molar-refractivity contribution in [1.82, 2.24) is 30.7 Å². The van der Waals surface area contributed by atoms with Crippen molar-refractivity contribution >= 4 is 40.5 Å². The van der Waals surface area contributed by atoms with Crippen molar-refractivity contribution in [2.24, 2.45) is 5.10 Å². The molecule has 0 unspecified atom stereocenters. The van der Waals surface area contributed by atoms with Gasteiger partial charge in [-0.15, -0.1) is 28.2 Å². The minimum Gasteiger partial charge on any atom is -0.378 e. The summed E-state index contributed by atoms with van der Waals surface area (Å²) < 4.78 is 6.05. The molecule has 164 valence electrons. The van der Waals surface area contributed by atoms with Crippen molar-refractivity contribution in [2.75, 3.05) is 5.73 Å². The third-order valence-electron chi connectivity index (χ3n) is 4.55. The number of rotatable bonds is 7. The van der Waals surface area contributed by atoms with E-state index < -0.39 is 5.91 Å². The number of nitrogens with one attached hydrogen (secondary N) is 1. The number of amides is 1. The van der Waals surface area contributed by atoms with Gasteiger partial charge in [0.15, 0.2) is 5.69 Å². The highest BCUT2D eigenvalue weighted by Crippen LogP contribution is 2.26. The molecule has 0 saturated carbocycles. The molecule has 0 fully saturated rings. The first-order valence-electron chi connectivity index (χ1n) is 9.57. The van der Waals surface area contributed by atoms with Gasteiger partial charge in [0.25, 0.3) is 5.91 Å². The van der Waals surface area contributed by atoms with Gasteiger partial charge in [0.05, 0.1) is 11.4 Å². The van der Waals surface area contributed by atoms with Crippen molar-refractivity contribution < 1.29 is 9.42 Å². The molecule has 3 N–H and O–H groups in total. The maximum Gasteiger partial charge on any atom is 0.293 e. The number of aryl methyl sites for hydroxylation is 2. The number of aromatic nitrogens is 5. The Balaban J connectivity index is 1.61. The summed E-state index contributed by atoms with van der Waals surface area (Å²) in [6.07, 6.45) is 0. The maximum atomic E-state index is 12.9. The molecule has 0 aliphatic carbocycles. The normalized spacial score (nSPS) is 11.7. The van der Waals surface area contributed by atoms with E-state index in [9.17, 15) is 4.79 Å². The first-order valence-corrected chi connectivity index (χ1v) is 11.4. The van der Waals surface area contributed by atoms with Gasteiger partial charge < -0.3 is 5.73 Å². The summed E-state index contributed by atoms with van der Waals surface area (Å²) in [6.45, 7) is 5.90. The third-order valence-corrected chi connectivity index (χ3v) is 6.54. The van der Waals surface area contributed by atoms with Crippen LogP contribution in [0.5, 0.6) is 0 Å². The molecular weight excluding hydrogens is 448 g/mol. The van der Waals surface area contributed by atoms with Crippen molar-refractivity contribution in [3.63, 3.8) is 0 Å². The molecule has 3 heterocycles. The van der Waals surface area contributed by atoms with Crippen LogP contribution in [0.1, 0.15) is 38.4 Å². The smallest absolute Gasteiger partial charge is 0.293 e. The fourth-order valence-electron chi connectivity index (χ4n) is 3.02. The third kappa shape index (κ3) is 4.55. The van der Waals surface area contributed by atoms with Gasteiger partial charge in [-0.1, -0.05) is 23.4 Å². The zero-order valence-corrected chi connectivity index (χ0v) is 19.2. The molecule has 3 aromatic heterocycles. The topological polar surface area (TPSA) is 137 Å². The Kier molecular flexibility index (Phi) is 6.32. The standard InChI is InChI=1S/C20H20N8O2S2/c1-11-9-15(13(3)32-11)12(2)22-24-20(29)17-16(10-31-14-7-5-4-6-8-14)28(27-23-17)19-18(21)25-30-26-19/h4-9H,10H2,1-3H3,(H2,21,25)(H,24,29)/b22-12+. The molecule has 1 aromatic carbocycles. The average Bonchev–Trinajstić information content (AvgIpc) is 3.48. The predicted octanol–water partition coefficient (Wildman–Crippen LogP) is 3.36. The molecular formula is C20H20N8O2S2.